The lowest BCUT2D eigenvalue weighted by Gasteiger charge is -2.23. The molecule has 3 amide bonds. The van der Waals surface area contributed by atoms with Gasteiger partial charge in [0.1, 0.15) is 39.6 Å². The molecule has 0 bridgehead atoms. The van der Waals surface area contributed by atoms with E-state index in [0.29, 0.717) is 117 Å². The maximum Gasteiger partial charge on any atom is 0.306 e. The second-order valence-corrected chi connectivity index (χ2v) is 35.4. The van der Waals surface area contributed by atoms with Gasteiger partial charge >= 0.3 is 35.8 Å². The maximum absolute atomic E-state index is 14.5. The number of benzene rings is 1. The molecule has 21 nitrogen and oxygen atoms in total. The molecule has 1 aromatic carbocycles. The van der Waals surface area contributed by atoms with Gasteiger partial charge in [0.15, 0.2) is 0 Å². The van der Waals surface area contributed by atoms with Crippen molar-refractivity contribution in [3.63, 3.8) is 0 Å². The molecular formula is C109H188N6O15. The number of nitrogens with one attached hydrogen (secondary N) is 3. The van der Waals surface area contributed by atoms with Crippen LogP contribution in [0, 0.1) is 0 Å². The standard InChI is InChI=1S/C109H188N6O15/c1-7-13-19-49-67-94-130-106(121)76-55-42-30-36-48-61-85-115(84-60-47-35-29-41-54-75-105(120)129-93-66-24-18-12-6)88-70-79-112-109(124)100-96-98(107(122)110-77-68-86-113(80-56-43-31-25-37-50-71-101(116)125-89-62-20-14-8-2)81-57-44-32-26-38-51-72-102(117)126-90-63-21-15-9-3)95-99(97-100)108(123)111-78-69-87-114(82-58-45-33-27-39-52-73-103(118)127-91-64-22-16-10-4)83-59-46-34-28-40-53-74-104(119)128-92-65-23-17-11-5/h20-24,49,62-67,95-97H,7-19,25-48,50-61,68-94H2,1-6H3,(H,110,122)(H,111,123)(H,112,124)/b62-20-,63-21-,64-22-,65-23-,66-24-,67-49-. The van der Waals surface area contributed by atoms with Gasteiger partial charge in [-0.2, -0.15) is 0 Å². The number of allylic oxidation sites excluding steroid dienone is 6. The zero-order valence-corrected chi connectivity index (χ0v) is 83.4. The van der Waals surface area contributed by atoms with E-state index in [1.807, 2.05) is 36.5 Å². The molecule has 130 heavy (non-hydrogen) atoms. The fourth-order valence-corrected chi connectivity index (χ4v) is 15.3. The number of esters is 6. The fourth-order valence-electron chi connectivity index (χ4n) is 15.3. The molecule has 0 radical (unpaired) electrons. The van der Waals surface area contributed by atoms with E-state index in [-0.39, 0.29) is 70.2 Å². The van der Waals surface area contributed by atoms with Gasteiger partial charge in [-0.3, -0.25) is 43.2 Å². The zero-order chi connectivity index (χ0) is 94.4. The lowest BCUT2D eigenvalue weighted by molar-refractivity contribution is -0.143. The highest BCUT2D eigenvalue weighted by atomic mass is 16.5. The molecule has 0 atom stereocenters. The number of rotatable bonds is 94. The van der Waals surface area contributed by atoms with Gasteiger partial charge in [0.25, 0.3) is 17.7 Å². The Morgan fingerprint density at radius 1 is 0.208 bits per heavy atom. The summed E-state index contributed by atoms with van der Waals surface area (Å²) in [6.07, 6.45) is 79.0. The number of hydrogen-bond donors (Lipinski definition) is 3. The quantitative estimate of drug-likeness (QED) is 0.0237. The minimum Gasteiger partial charge on any atom is -0.461 e. The Hall–Kier alpha value is -7.23. The highest BCUT2D eigenvalue weighted by Gasteiger charge is 2.19. The van der Waals surface area contributed by atoms with Gasteiger partial charge in [0, 0.05) is 74.8 Å². The fraction of sp³-hybridized carbons (Fsp3) is 0.752. The minimum absolute atomic E-state index is 0.134. The van der Waals surface area contributed by atoms with Crippen molar-refractivity contribution >= 4 is 53.5 Å². The van der Waals surface area contributed by atoms with Crippen molar-refractivity contribution in [1.82, 2.24) is 30.7 Å². The number of nitrogens with zero attached hydrogens (tertiary/aromatic N) is 3. The molecule has 0 aliphatic heterocycles. The van der Waals surface area contributed by atoms with Crippen molar-refractivity contribution in [2.24, 2.45) is 0 Å². The van der Waals surface area contributed by atoms with Crippen LogP contribution >= 0.6 is 0 Å². The molecule has 3 N–H and O–H groups in total. The summed E-state index contributed by atoms with van der Waals surface area (Å²) in [5.74, 6) is -1.86. The van der Waals surface area contributed by atoms with Crippen LogP contribution in [0.1, 0.15) is 445 Å². The van der Waals surface area contributed by atoms with E-state index in [4.69, 9.17) is 28.4 Å². The largest absolute Gasteiger partial charge is 0.461 e. The number of unbranched alkanes of at least 4 members (excludes halogenated alkanes) is 37. The minimum atomic E-state index is -0.347. The van der Waals surface area contributed by atoms with Crippen LogP contribution in [0.3, 0.4) is 0 Å². The lowest BCUT2D eigenvalue weighted by Crippen LogP contribution is -2.33. The van der Waals surface area contributed by atoms with Crippen LogP contribution in [-0.2, 0) is 57.2 Å². The number of hydrogen-bond acceptors (Lipinski definition) is 18. The summed E-state index contributed by atoms with van der Waals surface area (Å²) in [5.41, 5.74) is 0.746. The van der Waals surface area contributed by atoms with Gasteiger partial charge in [0.05, 0.1) is 0 Å². The first-order valence-electron chi connectivity index (χ1n) is 52.7. The molecule has 0 aliphatic carbocycles. The van der Waals surface area contributed by atoms with E-state index in [1.165, 1.54) is 0 Å². The molecule has 0 aromatic heterocycles. The van der Waals surface area contributed by atoms with Crippen molar-refractivity contribution in [2.45, 2.75) is 414 Å². The monoisotopic (exact) mass is 1820 g/mol. The van der Waals surface area contributed by atoms with Crippen molar-refractivity contribution in [3.05, 3.63) is 108 Å². The third kappa shape index (κ3) is 80.4. The molecular weight excluding hydrogens is 1630 g/mol. The first kappa shape index (κ1) is 121. The van der Waals surface area contributed by atoms with Crippen molar-refractivity contribution < 1.29 is 71.6 Å². The summed E-state index contributed by atoms with van der Waals surface area (Å²) in [6.45, 7) is 24.1. The first-order chi connectivity index (χ1) is 63.7. The third-order valence-electron chi connectivity index (χ3n) is 23.2. The summed E-state index contributed by atoms with van der Waals surface area (Å²) < 4.78 is 32.3. The van der Waals surface area contributed by atoms with Gasteiger partial charge in [0.2, 0.25) is 0 Å². The van der Waals surface area contributed by atoms with Crippen LogP contribution in [0.5, 0.6) is 0 Å². The van der Waals surface area contributed by atoms with Gasteiger partial charge in [-0.25, -0.2) is 0 Å². The molecule has 0 saturated carbocycles. The highest BCUT2D eigenvalue weighted by Crippen LogP contribution is 2.19. The summed E-state index contributed by atoms with van der Waals surface area (Å²) in [5, 5.41) is 9.51. The average molecular weight is 1820 g/mol. The lowest BCUT2D eigenvalue weighted by atomic mass is 10.0. The Morgan fingerprint density at radius 2 is 0.377 bits per heavy atom. The molecule has 0 aliphatic rings. The predicted octanol–water partition coefficient (Wildman–Crippen LogP) is 25.1. The number of amides is 3. The Morgan fingerprint density at radius 3 is 0.562 bits per heavy atom. The van der Waals surface area contributed by atoms with Crippen molar-refractivity contribution in [3.8, 4) is 0 Å². The molecule has 0 unspecified atom stereocenters. The summed E-state index contributed by atoms with van der Waals surface area (Å²) >= 11 is 0. The van der Waals surface area contributed by atoms with Gasteiger partial charge < -0.3 is 59.1 Å². The number of carbonyl (C=O) groups is 9. The van der Waals surface area contributed by atoms with Crippen LogP contribution in [0.25, 0.3) is 0 Å². The smallest absolute Gasteiger partial charge is 0.306 e. The van der Waals surface area contributed by atoms with Crippen molar-refractivity contribution in [1.29, 1.82) is 0 Å². The first-order valence-corrected chi connectivity index (χ1v) is 52.7. The average Bonchev–Trinajstić information content (AvgIpc) is 0.825. The zero-order valence-electron chi connectivity index (χ0n) is 83.4. The van der Waals surface area contributed by atoms with Crippen LogP contribution < -0.4 is 16.0 Å². The third-order valence-corrected chi connectivity index (χ3v) is 23.2. The number of ether oxygens (including phenoxy) is 6. The Labute approximate surface area is 791 Å². The van der Waals surface area contributed by atoms with Gasteiger partial charge in [-0.05, 0) is 212 Å². The molecule has 0 spiro atoms. The summed E-state index contributed by atoms with van der Waals surface area (Å²) in [7, 11) is 0. The number of carbonyl (C=O) groups excluding carboxylic acids is 9. The van der Waals surface area contributed by atoms with Crippen LogP contribution in [-0.4, -0.2) is 186 Å². The molecule has 1 rings (SSSR count). The molecule has 0 saturated heterocycles. The summed E-state index contributed by atoms with van der Waals surface area (Å²) in [6, 6.07) is 4.85. The molecule has 0 fully saturated rings. The van der Waals surface area contributed by atoms with Crippen LogP contribution in [0.2, 0.25) is 0 Å². The van der Waals surface area contributed by atoms with E-state index >= 15 is 0 Å². The SMILES string of the molecule is CCC/C=C\COC(=O)CCCCCCCCN(CCCCCCCCC(=O)OC/C=C\CCC)CCCNC(=O)c1cc(C(=O)NCCCN(CCCCCCCCC(=O)OC/C=C\CCC)CCCCCCCCC(=O)OC/C=C\CCC)cc(C(=O)NCCCN(CCCCCCCCC(=O)OC/C=C\CCC)CCCCCCCCC(=O)OC/C=C\CCCC)c1. The second kappa shape index (κ2) is 93.6. The van der Waals surface area contributed by atoms with Crippen molar-refractivity contribution in [2.75, 3.05) is 118 Å². The maximum atomic E-state index is 14.5. The molecule has 744 valence electrons. The Bertz CT molecular complexity index is 2850. The second-order valence-electron chi connectivity index (χ2n) is 35.4. The molecule has 0 heterocycles. The molecule has 1 aromatic rings. The normalized spacial score (nSPS) is 11.8. The molecule has 21 heteroatoms. The van der Waals surface area contributed by atoms with E-state index in [0.717, 1.165) is 374 Å². The van der Waals surface area contributed by atoms with Crippen LogP contribution in [0.4, 0.5) is 0 Å². The van der Waals surface area contributed by atoms with Gasteiger partial charge in [-0.1, -0.05) is 314 Å². The topological polar surface area (TPSA) is 255 Å². The van der Waals surface area contributed by atoms with E-state index < -0.39 is 0 Å². The van der Waals surface area contributed by atoms with E-state index in [9.17, 15) is 43.2 Å². The highest BCUT2D eigenvalue weighted by molar-refractivity contribution is 6.04. The van der Waals surface area contributed by atoms with E-state index in [2.05, 4.69) is 109 Å². The van der Waals surface area contributed by atoms with Crippen LogP contribution in [0.15, 0.2) is 91.1 Å². The van der Waals surface area contributed by atoms with E-state index in [1.54, 1.807) is 18.2 Å². The predicted molar refractivity (Wildman–Crippen MR) is 535 cm³/mol. The Kier molecular flexibility index (Phi) is 86.9. The van der Waals surface area contributed by atoms with Gasteiger partial charge in [-0.15, -0.1) is 0 Å². The Balaban J connectivity index is 3.40. The summed E-state index contributed by atoms with van der Waals surface area (Å²) in [4.78, 5) is 125.